The maximum Gasteiger partial charge on any atom is 0.265 e. The number of halogens is 1. The lowest BCUT2D eigenvalue weighted by atomic mass is 9.92. The molecule has 5 nitrogen and oxygen atoms in total. The first kappa shape index (κ1) is 28.1. The van der Waals surface area contributed by atoms with E-state index < -0.39 is 0 Å². The molecule has 0 radical (unpaired) electrons. The van der Waals surface area contributed by atoms with E-state index in [4.69, 9.17) is 0 Å². The molecule has 3 aromatic carbocycles. The number of fused-ring (bicyclic) bond motifs is 1. The van der Waals surface area contributed by atoms with Crippen LogP contribution < -0.4 is 10.2 Å². The number of piperidine rings is 1. The molecule has 1 N–H and O–H groups in total. The van der Waals surface area contributed by atoms with Gasteiger partial charge in [-0.25, -0.2) is 4.39 Å². The molecule has 208 valence electrons. The molecule has 0 unspecified atom stereocenters. The quantitative estimate of drug-likeness (QED) is 0.250. The van der Waals surface area contributed by atoms with E-state index in [9.17, 15) is 14.0 Å². The van der Waals surface area contributed by atoms with Gasteiger partial charge in [-0.2, -0.15) is 0 Å². The summed E-state index contributed by atoms with van der Waals surface area (Å²) in [7, 11) is 0. The average molecular weight is 558 g/mol. The number of rotatable bonds is 8. The highest BCUT2D eigenvalue weighted by Crippen LogP contribution is 2.43. The molecule has 5 rings (SSSR count). The van der Waals surface area contributed by atoms with Crippen LogP contribution >= 0.6 is 11.8 Å². The van der Waals surface area contributed by atoms with Crippen LogP contribution in [0.4, 0.5) is 10.1 Å². The van der Waals surface area contributed by atoms with Gasteiger partial charge < -0.3 is 15.1 Å². The highest BCUT2D eigenvalue weighted by atomic mass is 32.2. The molecule has 0 saturated carbocycles. The zero-order chi connectivity index (χ0) is 28.1. The van der Waals surface area contributed by atoms with Gasteiger partial charge in [-0.3, -0.25) is 9.59 Å². The summed E-state index contributed by atoms with van der Waals surface area (Å²) < 4.78 is 13.6. The van der Waals surface area contributed by atoms with Gasteiger partial charge in [0, 0.05) is 30.1 Å². The number of carbonyl (C=O) groups is 2. The Morgan fingerprint density at radius 2 is 1.75 bits per heavy atom. The maximum absolute atomic E-state index is 13.7. The third kappa shape index (κ3) is 7.01. The van der Waals surface area contributed by atoms with Crippen LogP contribution in [0.1, 0.15) is 48.2 Å². The molecule has 2 aliphatic heterocycles. The van der Waals surface area contributed by atoms with E-state index in [-0.39, 0.29) is 24.2 Å². The second-order valence-corrected chi connectivity index (χ2v) is 12.1. The van der Waals surface area contributed by atoms with Crippen molar-refractivity contribution in [1.82, 2.24) is 10.2 Å². The van der Waals surface area contributed by atoms with Gasteiger partial charge in [-0.1, -0.05) is 68.1 Å². The summed E-state index contributed by atoms with van der Waals surface area (Å²) in [5.74, 6) is 0.824. The average Bonchev–Trinajstić information content (AvgIpc) is 2.94. The SMILES string of the molecule is C[C@H]1C[C@H](C)CN(CCCNC(=O)c2ccc3c(c2)N(Cc2ccc(F)cc2)C(=O)/C(=C/c2ccccc2)S3)C1. The topological polar surface area (TPSA) is 52.7 Å². The van der Waals surface area contributed by atoms with Gasteiger partial charge in [0.1, 0.15) is 5.82 Å². The second kappa shape index (κ2) is 12.8. The smallest absolute Gasteiger partial charge is 0.265 e. The molecule has 40 heavy (non-hydrogen) atoms. The Hall–Kier alpha value is -3.42. The number of nitrogens with one attached hydrogen (secondary N) is 1. The summed E-state index contributed by atoms with van der Waals surface area (Å²) in [6.07, 6.45) is 4.07. The van der Waals surface area contributed by atoms with E-state index in [1.54, 1.807) is 23.1 Å². The van der Waals surface area contributed by atoms with Gasteiger partial charge in [0.25, 0.3) is 11.8 Å². The van der Waals surface area contributed by atoms with Crippen molar-refractivity contribution in [3.8, 4) is 0 Å². The fraction of sp³-hybridized carbons (Fsp3) is 0.333. The maximum atomic E-state index is 13.7. The van der Waals surface area contributed by atoms with Gasteiger partial charge in [0.2, 0.25) is 0 Å². The van der Waals surface area contributed by atoms with E-state index >= 15 is 0 Å². The Kier molecular flexibility index (Phi) is 9.02. The van der Waals surface area contributed by atoms with E-state index in [1.165, 1.54) is 30.3 Å². The molecule has 1 saturated heterocycles. The first-order valence-electron chi connectivity index (χ1n) is 14.0. The van der Waals surface area contributed by atoms with Crippen molar-refractivity contribution in [2.75, 3.05) is 31.1 Å². The molecule has 0 aliphatic carbocycles. The van der Waals surface area contributed by atoms with Gasteiger partial charge in [-0.15, -0.1) is 0 Å². The number of likely N-dealkylation sites (tertiary alicyclic amines) is 1. The largest absolute Gasteiger partial charge is 0.352 e. The van der Waals surface area contributed by atoms with Crippen molar-refractivity contribution in [3.63, 3.8) is 0 Å². The molecule has 0 spiro atoms. The summed E-state index contributed by atoms with van der Waals surface area (Å²) >= 11 is 1.41. The Labute approximate surface area is 240 Å². The Bertz CT molecular complexity index is 1370. The van der Waals surface area contributed by atoms with Crippen molar-refractivity contribution >= 4 is 35.3 Å². The zero-order valence-corrected chi connectivity index (χ0v) is 23.9. The van der Waals surface area contributed by atoms with Gasteiger partial charge in [-0.05, 0) is 78.8 Å². The van der Waals surface area contributed by atoms with Crippen molar-refractivity contribution in [3.05, 3.63) is 100 Å². The number of thioether (sulfide) groups is 1. The van der Waals surface area contributed by atoms with Crippen LogP contribution in [-0.4, -0.2) is 42.9 Å². The number of carbonyl (C=O) groups excluding carboxylic acids is 2. The lowest BCUT2D eigenvalue weighted by molar-refractivity contribution is -0.114. The molecule has 1 fully saturated rings. The van der Waals surface area contributed by atoms with E-state index in [0.717, 1.165) is 53.9 Å². The van der Waals surface area contributed by atoms with E-state index in [0.29, 0.717) is 22.7 Å². The standard InChI is InChI=1S/C33H36FN3O2S/c1-23-17-24(2)21-36(20-23)16-6-15-35-32(38)27-11-14-30-29(19-27)37(22-26-9-12-28(34)13-10-26)33(39)31(40-30)18-25-7-4-3-5-8-25/h3-5,7-14,18-19,23-24H,6,15-17,20-22H2,1-2H3,(H,35,38)/b31-18-/t23-,24-/m0/s1. The van der Waals surface area contributed by atoms with Gasteiger partial charge >= 0.3 is 0 Å². The number of hydrogen-bond donors (Lipinski definition) is 1. The van der Waals surface area contributed by atoms with Crippen LogP contribution in [0, 0.1) is 17.7 Å². The molecule has 0 bridgehead atoms. The second-order valence-electron chi connectivity index (χ2n) is 11.0. The van der Waals surface area contributed by atoms with Gasteiger partial charge in [0.15, 0.2) is 0 Å². The summed E-state index contributed by atoms with van der Waals surface area (Å²) in [6.45, 7) is 8.72. The third-order valence-corrected chi connectivity index (χ3v) is 8.50. The van der Waals surface area contributed by atoms with Crippen LogP contribution in [-0.2, 0) is 11.3 Å². The third-order valence-electron chi connectivity index (χ3n) is 7.42. The summed E-state index contributed by atoms with van der Waals surface area (Å²) in [6, 6.07) is 21.4. The zero-order valence-electron chi connectivity index (χ0n) is 23.1. The van der Waals surface area contributed by atoms with Crippen molar-refractivity contribution in [1.29, 1.82) is 0 Å². The van der Waals surface area contributed by atoms with Crippen LogP contribution in [0.2, 0.25) is 0 Å². The van der Waals surface area contributed by atoms with E-state index in [2.05, 4.69) is 24.1 Å². The molecule has 7 heteroatoms. The number of anilines is 1. The molecule has 2 heterocycles. The highest BCUT2D eigenvalue weighted by Gasteiger charge is 2.30. The van der Waals surface area contributed by atoms with Crippen LogP contribution in [0.25, 0.3) is 6.08 Å². The Balaban J connectivity index is 1.32. The summed E-state index contributed by atoms with van der Waals surface area (Å²) in [5, 5.41) is 3.06. The van der Waals surface area contributed by atoms with Crippen molar-refractivity contribution in [2.24, 2.45) is 11.8 Å². The van der Waals surface area contributed by atoms with Gasteiger partial charge in [0.05, 0.1) is 17.1 Å². The monoisotopic (exact) mass is 557 g/mol. The fourth-order valence-electron chi connectivity index (χ4n) is 5.66. The van der Waals surface area contributed by atoms with E-state index in [1.807, 2.05) is 48.5 Å². The minimum absolute atomic E-state index is 0.145. The molecular weight excluding hydrogens is 521 g/mol. The molecule has 0 aromatic heterocycles. The molecule has 3 aromatic rings. The summed E-state index contributed by atoms with van der Waals surface area (Å²) in [4.78, 5) is 32.5. The number of hydrogen-bond acceptors (Lipinski definition) is 4. The lowest BCUT2D eigenvalue weighted by Crippen LogP contribution is -2.40. The van der Waals surface area contributed by atoms with Crippen LogP contribution in [0.3, 0.4) is 0 Å². The van der Waals surface area contributed by atoms with Crippen LogP contribution in [0.15, 0.2) is 82.6 Å². The highest BCUT2D eigenvalue weighted by molar-refractivity contribution is 8.04. The predicted molar refractivity (Wildman–Crippen MR) is 161 cm³/mol. The molecule has 2 amide bonds. The summed E-state index contributed by atoms with van der Waals surface area (Å²) in [5.41, 5.74) is 2.95. The number of amides is 2. The number of benzene rings is 3. The minimum Gasteiger partial charge on any atom is -0.352 e. The van der Waals surface area contributed by atoms with Crippen molar-refractivity contribution < 1.29 is 14.0 Å². The molecule has 2 aliphatic rings. The predicted octanol–water partition coefficient (Wildman–Crippen LogP) is 6.60. The van der Waals surface area contributed by atoms with Crippen molar-refractivity contribution in [2.45, 2.75) is 38.1 Å². The fourth-order valence-corrected chi connectivity index (χ4v) is 6.70. The Morgan fingerprint density at radius 1 is 1.02 bits per heavy atom. The lowest BCUT2D eigenvalue weighted by Gasteiger charge is -2.34. The Morgan fingerprint density at radius 3 is 2.48 bits per heavy atom. The first-order valence-corrected chi connectivity index (χ1v) is 14.8. The normalized spacial score (nSPS) is 20.4. The molecular formula is C33H36FN3O2S. The number of nitrogens with zero attached hydrogens (tertiary/aromatic N) is 2. The molecule has 2 atom stereocenters. The van der Waals surface area contributed by atoms with Crippen LogP contribution in [0.5, 0.6) is 0 Å². The first-order chi connectivity index (χ1) is 19.4. The minimum atomic E-state index is -0.322.